The Labute approximate surface area is 138 Å². The first-order valence-electron chi connectivity index (χ1n) is 9.12. The third kappa shape index (κ3) is 2.79. The van der Waals surface area contributed by atoms with Crippen LogP contribution >= 0.6 is 0 Å². The number of amides is 2. The molecule has 1 aliphatic heterocycles. The van der Waals surface area contributed by atoms with E-state index < -0.39 is 0 Å². The van der Waals surface area contributed by atoms with E-state index in [9.17, 15) is 4.79 Å². The van der Waals surface area contributed by atoms with Gasteiger partial charge in [0.2, 0.25) is 0 Å². The molecule has 1 spiro atoms. The maximum atomic E-state index is 11.5. The van der Waals surface area contributed by atoms with E-state index in [1.165, 1.54) is 56.9 Å². The Kier molecular flexibility index (Phi) is 3.70. The summed E-state index contributed by atoms with van der Waals surface area (Å²) in [5.74, 6) is 0. The Morgan fingerprint density at radius 3 is 2.61 bits per heavy atom. The van der Waals surface area contributed by atoms with Crippen molar-refractivity contribution in [1.29, 1.82) is 0 Å². The quantitative estimate of drug-likeness (QED) is 0.865. The Morgan fingerprint density at radius 2 is 1.91 bits per heavy atom. The summed E-state index contributed by atoms with van der Waals surface area (Å²) in [6, 6.07) is 6.63. The molecule has 2 fully saturated rings. The molecule has 0 atom stereocenters. The van der Waals surface area contributed by atoms with Crippen LogP contribution in [-0.4, -0.2) is 18.6 Å². The topological polar surface area (TPSA) is 58.4 Å². The van der Waals surface area contributed by atoms with Crippen LogP contribution < -0.4 is 16.0 Å². The minimum atomic E-state index is -0.346. The fraction of sp³-hybridized carbons (Fsp3) is 0.632. The molecule has 0 radical (unpaired) electrons. The molecule has 4 nitrogen and oxygen atoms in total. The molecule has 23 heavy (non-hydrogen) atoms. The van der Waals surface area contributed by atoms with Crippen LogP contribution in [0, 0.1) is 5.41 Å². The van der Waals surface area contributed by atoms with E-state index in [0.29, 0.717) is 18.0 Å². The van der Waals surface area contributed by atoms with Gasteiger partial charge in [0, 0.05) is 18.3 Å². The van der Waals surface area contributed by atoms with Crippen molar-refractivity contribution in [2.45, 2.75) is 63.8 Å². The molecular weight excluding hydrogens is 286 g/mol. The molecule has 124 valence electrons. The molecule has 0 aromatic heterocycles. The highest BCUT2D eigenvalue weighted by Gasteiger charge is 2.37. The number of urea groups is 1. The number of benzene rings is 1. The molecule has 1 heterocycles. The number of nitrogens with one attached hydrogen (secondary N) is 1. The summed E-state index contributed by atoms with van der Waals surface area (Å²) in [4.78, 5) is 13.2. The van der Waals surface area contributed by atoms with Crippen molar-refractivity contribution in [2.75, 3.05) is 16.8 Å². The Morgan fingerprint density at radius 1 is 1.17 bits per heavy atom. The average Bonchev–Trinajstić information content (AvgIpc) is 3.17. The van der Waals surface area contributed by atoms with Crippen LogP contribution in [0.1, 0.15) is 56.9 Å². The second-order valence-corrected chi connectivity index (χ2v) is 7.71. The van der Waals surface area contributed by atoms with E-state index in [2.05, 4.69) is 23.5 Å². The van der Waals surface area contributed by atoms with Gasteiger partial charge in [0.05, 0.1) is 5.69 Å². The minimum Gasteiger partial charge on any atom is -0.382 e. The normalized spacial score (nSPS) is 23.2. The highest BCUT2D eigenvalue weighted by Crippen LogP contribution is 2.49. The van der Waals surface area contributed by atoms with E-state index in [1.807, 2.05) is 0 Å². The van der Waals surface area contributed by atoms with Gasteiger partial charge in [-0.05, 0) is 68.1 Å². The fourth-order valence-electron chi connectivity index (χ4n) is 4.93. The van der Waals surface area contributed by atoms with Gasteiger partial charge in [0.15, 0.2) is 0 Å². The van der Waals surface area contributed by atoms with E-state index in [-0.39, 0.29) is 6.03 Å². The van der Waals surface area contributed by atoms with Crippen molar-refractivity contribution in [3.05, 3.63) is 23.8 Å². The number of rotatable bonds is 2. The number of primary amides is 1. The zero-order valence-electron chi connectivity index (χ0n) is 13.8. The third-order valence-corrected chi connectivity index (χ3v) is 6.33. The van der Waals surface area contributed by atoms with E-state index in [4.69, 9.17) is 5.73 Å². The maximum absolute atomic E-state index is 11.5. The monoisotopic (exact) mass is 313 g/mol. The van der Waals surface area contributed by atoms with Crippen molar-refractivity contribution < 1.29 is 4.79 Å². The first-order chi connectivity index (χ1) is 11.2. The number of carbonyl (C=O) groups is 1. The average molecular weight is 313 g/mol. The van der Waals surface area contributed by atoms with Crippen LogP contribution in [0.4, 0.5) is 16.2 Å². The van der Waals surface area contributed by atoms with Crippen LogP contribution in [0.2, 0.25) is 0 Å². The SMILES string of the molecule is NC(=O)N1CCc2ccc(NC3CCC4(CCCC4)CC3)cc21. The first kappa shape index (κ1) is 14.9. The molecule has 3 aliphatic rings. The van der Waals surface area contributed by atoms with Crippen molar-refractivity contribution in [2.24, 2.45) is 11.1 Å². The maximum Gasteiger partial charge on any atom is 0.319 e. The number of hydrogen-bond acceptors (Lipinski definition) is 2. The van der Waals surface area contributed by atoms with Crippen molar-refractivity contribution in [1.82, 2.24) is 0 Å². The number of nitrogens with zero attached hydrogens (tertiary/aromatic N) is 1. The molecular formula is C19H27N3O. The summed E-state index contributed by atoms with van der Waals surface area (Å²) in [6.45, 7) is 0.708. The van der Waals surface area contributed by atoms with Crippen LogP contribution in [-0.2, 0) is 6.42 Å². The molecule has 4 heteroatoms. The van der Waals surface area contributed by atoms with Crippen molar-refractivity contribution >= 4 is 17.4 Å². The summed E-state index contributed by atoms with van der Waals surface area (Å²) in [6.07, 6.45) is 12.0. The van der Waals surface area contributed by atoms with Gasteiger partial charge in [-0.15, -0.1) is 0 Å². The lowest BCUT2D eigenvalue weighted by Gasteiger charge is -2.38. The van der Waals surface area contributed by atoms with Crippen LogP contribution in [0.25, 0.3) is 0 Å². The summed E-state index contributed by atoms with van der Waals surface area (Å²) in [5, 5.41) is 3.70. The van der Waals surface area contributed by atoms with E-state index >= 15 is 0 Å². The molecule has 3 N–H and O–H groups in total. The third-order valence-electron chi connectivity index (χ3n) is 6.33. The van der Waals surface area contributed by atoms with Crippen LogP contribution in [0.5, 0.6) is 0 Å². The van der Waals surface area contributed by atoms with Gasteiger partial charge in [-0.2, -0.15) is 0 Å². The highest BCUT2D eigenvalue weighted by molar-refractivity contribution is 5.93. The predicted molar refractivity (Wildman–Crippen MR) is 93.9 cm³/mol. The standard InChI is InChI=1S/C19H27N3O/c20-18(23)22-12-7-14-3-4-16(13-17(14)22)21-15-5-10-19(11-6-15)8-1-2-9-19/h3-4,13,15,21H,1-2,5-12H2,(H2,20,23). The molecule has 2 aliphatic carbocycles. The van der Waals surface area contributed by atoms with Crippen LogP contribution in [0.3, 0.4) is 0 Å². The highest BCUT2D eigenvalue weighted by atomic mass is 16.2. The zero-order valence-corrected chi connectivity index (χ0v) is 13.8. The number of carbonyl (C=O) groups excluding carboxylic acids is 1. The van der Waals surface area contributed by atoms with Gasteiger partial charge in [-0.25, -0.2) is 4.79 Å². The number of hydrogen-bond donors (Lipinski definition) is 2. The van der Waals surface area contributed by atoms with Gasteiger partial charge in [0.1, 0.15) is 0 Å². The summed E-state index contributed by atoms with van der Waals surface area (Å²) in [5.41, 5.74) is 9.50. The lowest BCUT2D eigenvalue weighted by molar-refractivity contribution is 0.188. The lowest BCUT2D eigenvalue weighted by Crippen LogP contribution is -2.34. The van der Waals surface area contributed by atoms with Crippen molar-refractivity contribution in [3.63, 3.8) is 0 Å². The van der Waals surface area contributed by atoms with Crippen LogP contribution in [0.15, 0.2) is 18.2 Å². The largest absolute Gasteiger partial charge is 0.382 e. The molecule has 0 unspecified atom stereocenters. The second-order valence-electron chi connectivity index (χ2n) is 7.71. The molecule has 2 saturated carbocycles. The number of anilines is 2. The zero-order chi connectivity index (χ0) is 15.9. The van der Waals surface area contributed by atoms with Gasteiger partial charge in [0.25, 0.3) is 0 Å². The summed E-state index contributed by atoms with van der Waals surface area (Å²) in [7, 11) is 0. The predicted octanol–water partition coefficient (Wildman–Crippen LogP) is 4.04. The number of fused-ring (bicyclic) bond motifs is 1. The van der Waals surface area contributed by atoms with E-state index in [1.54, 1.807) is 4.90 Å². The molecule has 2 amide bonds. The molecule has 0 saturated heterocycles. The Hall–Kier alpha value is -1.71. The first-order valence-corrected chi connectivity index (χ1v) is 9.12. The molecule has 1 aromatic carbocycles. The molecule has 4 rings (SSSR count). The molecule has 1 aromatic rings. The van der Waals surface area contributed by atoms with Gasteiger partial charge < -0.3 is 11.1 Å². The molecule has 0 bridgehead atoms. The van der Waals surface area contributed by atoms with E-state index in [0.717, 1.165) is 17.8 Å². The Balaban J connectivity index is 1.42. The van der Waals surface area contributed by atoms with Gasteiger partial charge >= 0.3 is 6.03 Å². The Bertz CT molecular complexity index is 597. The smallest absolute Gasteiger partial charge is 0.319 e. The lowest BCUT2D eigenvalue weighted by atomic mass is 9.71. The van der Waals surface area contributed by atoms with Gasteiger partial charge in [-0.1, -0.05) is 18.9 Å². The summed E-state index contributed by atoms with van der Waals surface area (Å²) < 4.78 is 0. The summed E-state index contributed by atoms with van der Waals surface area (Å²) >= 11 is 0. The van der Waals surface area contributed by atoms with Gasteiger partial charge in [-0.3, -0.25) is 4.90 Å². The van der Waals surface area contributed by atoms with Crippen molar-refractivity contribution in [3.8, 4) is 0 Å². The second kappa shape index (κ2) is 5.73. The fourth-order valence-corrected chi connectivity index (χ4v) is 4.93. The minimum absolute atomic E-state index is 0.346. The number of nitrogens with two attached hydrogens (primary N) is 1.